The number of nitrogens with one attached hydrogen (secondary N) is 2. The lowest BCUT2D eigenvalue weighted by Crippen LogP contribution is -2.37. The van der Waals surface area contributed by atoms with Crippen molar-refractivity contribution in [2.24, 2.45) is 5.73 Å². The SMILES string of the molecule is COC1=C(C)C(=C2SC(N)N(c3ccc(Cl)cc3)C2=N)NC=C1C. The number of hydrogen-bond acceptors (Lipinski definition) is 5. The van der Waals surface area contributed by atoms with E-state index in [1.807, 2.05) is 32.2 Å². The highest BCUT2D eigenvalue weighted by Crippen LogP contribution is 2.40. The summed E-state index contributed by atoms with van der Waals surface area (Å²) in [4.78, 5) is 2.59. The van der Waals surface area contributed by atoms with Crippen molar-refractivity contribution in [3.05, 3.63) is 63.0 Å². The van der Waals surface area contributed by atoms with E-state index in [-0.39, 0.29) is 5.50 Å². The quantitative estimate of drug-likeness (QED) is 0.747. The Kier molecular flexibility index (Phi) is 4.62. The third-order valence-corrected chi connectivity index (χ3v) is 5.33. The maximum absolute atomic E-state index is 8.59. The lowest BCUT2D eigenvalue weighted by molar-refractivity contribution is 0.295. The molecule has 0 radical (unpaired) electrons. The van der Waals surface area contributed by atoms with Gasteiger partial charge in [0.25, 0.3) is 0 Å². The Balaban J connectivity index is 2.01. The minimum Gasteiger partial charge on any atom is -0.496 e. The number of nitrogens with two attached hydrogens (primary N) is 1. The predicted octanol–water partition coefficient (Wildman–Crippen LogP) is 3.75. The molecular formula is C17H19ClN4OS. The summed E-state index contributed by atoms with van der Waals surface area (Å²) in [6.07, 6.45) is 1.89. The number of hydrogen-bond donors (Lipinski definition) is 3. The van der Waals surface area contributed by atoms with Gasteiger partial charge in [-0.3, -0.25) is 5.41 Å². The van der Waals surface area contributed by atoms with Crippen LogP contribution in [0.25, 0.3) is 0 Å². The van der Waals surface area contributed by atoms with Crippen LogP contribution >= 0.6 is 23.4 Å². The minimum absolute atomic E-state index is 0.361. The number of amidine groups is 1. The molecule has 0 spiro atoms. The number of nitrogens with zero attached hydrogens (tertiary/aromatic N) is 1. The normalized spacial score (nSPS) is 24.2. The molecule has 1 atom stereocenters. The third-order valence-electron chi connectivity index (χ3n) is 3.99. The number of thioether (sulfide) groups is 1. The van der Waals surface area contributed by atoms with Gasteiger partial charge in [-0.25, -0.2) is 0 Å². The molecule has 2 heterocycles. The van der Waals surface area contributed by atoms with Crippen LogP contribution in [0, 0.1) is 5.41 Å². The van der Waals surface area contributed by atoms with Crippen molar-refractivity contribution >= 4 is 34.9 Å². The monoisotopic (exact) mass is 362 g/mol. The van der Waals surface area contributed by atoms with Gasteiger partial charge < -0.3 is 20.7 Å². The molecule has 1 fully saturated rings. The summed E-state index contributed by atoms with van der Waals surface area (Å²) in [5.74, 6) is 1.18. The van der Waals surface area contributed by atoms with Crippen LogP contribution in [0.15, 0.2) is 58.0 Å². The van der Waals surface area contributed by atoms with Gasteiger partial charge in [-0.15, -0.1) is 0 Å². The van der Waals surface area contributed by atoms with Crippen LogP contribution in [0.4, 0.5) is 5.69 Å². The first-order valence-electron chi connectivity index (χ1n) is 7.43. The van der Waals surface area contributed by atoms with E-state index >= 15 is 0 Å². The van der Waals surface area contributed by atoms with Crippen molar-refractivity contribution < 1.29 is 4.74 Å². The molecule has 0 amide bonds. The van der Waals surface area contributed by atoms with E-state index in [0.717, 1.165) is 33.2 Å². The molecule has 24 heavy (non-hydrogen) atoms. The molecule has 5 nitrogen and oxygen atoms in total. The molecule has 0 aliphatic carbocycles. The highest BCUT2D eigenvalue weighted by atomic mass is 35.5. The number of halogens is 1. The van der Waals surface area contributed by atoms with Gasteiger partial charge >= 0.3 is 0 Å². The molecule has 1 aromatic carbocycles. The first kappa shape index (κ1) is 17.0. The fraction of sp³-hybridized carbons (Fsp3) is 0.235. The van der Waals surface area contributed by atoms with Crippen molar-refractivity contribution in [1.29, 1.82) is 5.41 Å². The van der Waals surface area contributed by atoms with Gasteiger partial charge in [-0.05, 0) is 38.1 Å². The van der Waals surface area contributed by atoms with Crippen LogP contribution in [-0.2, 0) is 4.74 Å². The number of anilines is 1. The Hall–Kier alpha value is -1.89. The fourth-order valence-corrected chi connectivity index (χ4v) is 4.07. The van der Waals surface area contributed by atoms with Gasteiger partial charge in [0.2, 0.25) is 0 Å². The second kappa shape index (κ2) is 6.55. The van der Waals surface area contributed by atoms with Crippen molar-refractivity contribution in [2.75, 3.05) is 12.0 Å². The number of rotatable bonds is 2. The zero-order valence-electron chi connectivity index (χ0n) is 13.7. The van der Waals surface area contributed by atoms with Crippen molar-refractivity contribution in [2.45, 2.75) is 19.3 Å². The molecule has 0 bridgehead atoms. The lowest BCUT2D eigenvalue weighted by atomic mass is 10.0. The zero-order valence-corrected chi connectivity index (χ0v) is 15.3. The van der Waals surface area contributed by atoms with Crippen LogP contribution in [0.1, 0.15) is 13.8 Å². The Labute approximate surface area is 150 Å². The van der Waals surface area contributed by atoms with E-state index in [4.69, 9.17) is 27.5 Å². The van der Waals surface area contributed by atoms with Crippen LogP contribution in [0.3, 0.4) is 0 Å². The summed E-state index contributed by atoms with van der Waals surface area (Å²) in [6, 6.07) is 7.33. The number of allylic oxidation sites excluding steroid dienone is 2. The number of dihydropyridines is 1. The Morgan fingerprint density at radius 2 is 1.96 bits per heavy atom. The third kappa shape index (κ3) is 2.81. The zero-order chi connectivity index (χ0) is 17.4. The second-order valence-corrected chi connectivity index (χ2v) is 7.10. The first-order valence-corrected chi connectivity index (χ1v) is 8.69. The number of benzene rings is 1. The second-order valence-electron chi connectivity index (χ2n) is 5.54. The molecule has 2 aliphatic rings. The van der Waals surface area contributed by atoms with E-state index in [1.165, 1.54) is 11.8 Å². The van der Waals surface area contributed by atoms with E-state index in [9.17, 15) is 0 Å². The fourth-order valence-electron chi connectivity index (χ4n) is 2.83. The van der Waals surface area contributed by atoms with Gasteiger partial charge in [0.05, 0.1) is 17.7 Å². The van der Waals surface area contributed by atoms with Gasteiger partial charge in [0, 0.05) is 28.1 Å². The highest BCUT2D eigenvalue weighted by Gasteiger charge is 2.35. The van der Waals surface area contributed by atoms with E-state index in [1.54, 1.807) is 24.1 Å². The van der Waals surface area contributed by atoms with Crippen LogP contribution in [0.5, 0.6) is 0 Å². The predicted molar refractivity (Wildman–Crippen MR) is 101 cm³/mol. The van der Waals surface area contributed by atoms with E-state index < -0.39 is 0 Å². The summed E-state index contributed by atoms with van der Waals surface area (Å²) in [5.41, 5.74) is 9.59. The maximum Gasteiger partial charge on any atom is 0.143 e. The van der Waals surface area contributed by atoms with Crippen LogP contribution < -0.4 is 16.0 Å². The molecule has 1 saturated heterocycles. The summed E-state index contributed by atoms with van der Waals surface area (Å²) in [7, 11) is 1.66. The molecule has 1 unspecified atom stereocenters. The summed E-state index contributed by atoms with van der Waals surface area (Å²) in [5, 5.41) is 12.5. The van der Waals surface area contributed by atoms with Gasteiger partial charge in [0.1, 0.15) is 17.1 Å². The standard InChI is InChI=1S/C17H19ClN4OS/c1-9-8-21-13(10(2)14(9)23-3)15-16(19)22(17(20)24-15)12-6-4-11(18)5-7-12/h4-8,17,19,21H,20H2,1-3H3. The smallest absolute Gasteiger partial charge is 0.143 e. The minimum atomic E-state index is -0.367. The maximum atomic E-state index is 8.59. The average molecular weight is 363 g/mol. The Morgan fingerprint density at radius 3 is 2.58 bits per heavy atom. The molecule has 4 N–H and O–H groups in total. The molecule has 126 valence electrons. The first-order chi connectivity index (χ1) is 11.4. The van der Waals surface area contributed by atoms with Gasteiger partial charge in [0.15, 0.2) is 0 Å². The van der Waals surface area contributed by atoms with Crippen molar-refractivity contribution in [1.82, 2.24) is 5.32 Å². The topological polar surface area (TPSA) is 74.4 Å². The Morgan fingerprint density at radius 1 is 1.29 bits per heavy atom. The van der Waals surface area contributed by atoms with Gasteiger partial charge in [-0.2, -0.15) is 0 Å². The molecule has 2 aliphatic heterocycles. The van der Waals surface area contributed by atoms with Gasteiger partial charge in [-0.1, -0.05) is 23.4 Å². The molecule has 1 aromatic rings. The average Bonchev–Trinajstić information content (AvgIpc) is 2.84. The van der Waals surface area contributed by atoms with E-state index in [0.29, 0.717) is 10.9 Å². The summed E-state index contributed by atoms with van der Waals surface area (Å²) < 4.78 is 5.49. The van der Waals surface area contributed by atoms with Crippen LogP contribution in [-0.4, -0.2) is 18.4 Å². The summed E-state index contributed by atoms with van der Waals surface area (Å²) in [6.45, 7) is 3.96. The lowest BCUT2D eigenvalue weighted by Gasteiger charge is -2.23. The largest absolute Gasteiger partial charge is 0.496 e. The highest BCUT2D eigenvalue weighted by molar-refractivity contribution is 8.05. The van der Waals surface area contributed by atoms with Crippen LogP contribution in [0.2, 0.25) is 5.02 Å². The molecule has 0 aromatic heterocycles. The van der Waals surface area contributed by atoms with Crippen molar-refractivity contribution in [3.8, 4) is 0 Å². The molecule has 3 rings (SSSR count). The number of ether oxygens (including phenoxy) is 1. The van der Waals surface area contributed by atoms with E-state index in [2.05, 4.69) is 5.32 Å². The Bertz CT molecular complexity index is 782. The molecular weight excluding hydrogens is 344 g/mol. The molecule has 0 saturated carbocycles. The number of methoxy groups -OCH3 is 1. The molecule has 7 heteroatoms. The summed E-state index contributed by atoms with van der Waals surface area (Å²) >= 11 is 7.40. The van der Waals surface area contributed by atoms with Crippen molar-refractivity contribution in [3.63, 3.8) is 0 Å².